The molecule has 1 unspecified atom stereocenters. The Bertz CT molecular complexity index is 512. The van der Waals surface area contributed by atoms with Gasteiger partial charge < -0.3 is 15.7 Å². The predicted molar refractivity (Wildman–Crippen MR) is 72.7 cm³/mol. The Morgan fingerprint density at radius 3 is 2.95 bits per heavy atom. The van der Waals surface area contributed by atoms with E-state index in [1.807, 2.05) is 0 Å². The smallest absolute Gasteiger partial charge is 0.310 e. The van der Waals surface area contributed by atoms with Crippen molar-refractivity contribution in [1.82, 2.24) is 10.6 Å². The molecule has 1 aromatic carbocycles. The second-order valence-electron chi connectivity index (χ2n) is 4.86. The highest BCUT2D eigenvalue weighted by molar-refractivity contribution is 5.95. The van der Waals surface area contributed by atoms with Crippen LogP contribution in [0.1, 0.15) is 23.2 Å². The van der Waals surface area contributed by atoms with E-state index >= 15 is 0 Å². The molecule has 1 fully saturated rings. The minimum atomic E-state index is -0.690. The standard InChI is InChI=1S/C13H17N3O4/c17-12-7-10(1-2-11(12)16(19)20)13(18)15-6-4-9-3-5-14-8-9/h1-2,7,9,14,17H,3-6,8H2,(H,15,18). The lowest BCUT2D eigenvalue weighted by Gasteiger charge is -2.09. The van der Waals surface area contributed by atoms with Crippen LogP contribution in [0.25, 0.3) is 0 Å². The molecule has 1 saturated heterocycles. The van der Waals surface area contributed by atoms with Crippen LogP contribution >= 0.6 is 0 Å². The fraction of sp³-hybridized carbons (Fsp3) is 0.462. The van der Waals surface area contributed by atoms with Crippen molar-refractivity contribution in [3.63, 3.8) is 0 Å². The summed E-state index contributed by atoms with van der Waals surface area (Å²) in [4.78, 5) is 21.7. The number of phenolic OH excluding ortho intramolecular Hbond substituents is 1. The lowest BCUT2D eigenvalue weighted by Crippen LogP contribution is -2.26. The van der Waals surface area contributed by atoms with Gasteiger partial charge in [-0.1, -0.05) is 0 Å². The summed E-state index contributed by atoms with van der Waals surface area (Å²) in [5.74, 6) is -0.246. The van der Waals surface area contributed by atoms with Gasteiger partial charge in [0.2, 0.25) is 0 Å². The minimum absolute atomic E-state index is 0.220. The Balaban J connectivity index is 1.88. The minimum Gasteiger partial charge on any atom is -0.502 e. The van der Waals surface area contributed by atoms with Crippen molar-refractivity contribution >= 4 is 11.6 Å². The molecule has 108 valence electrons. The first-order valence-corrected chi connectivity index (χ1v) is 6.54. The van der Waals surface area contributed by atoms with Gasteiger partial charge in [0.1, 0.15) is 0 Å². The van der Waals surface area contributed by atoms with Gasteiger partial charge in [0.15, 0.2) is 5.75 Å². The van der Waals surface area contributed by atoms with Crippen molar-refractivity contribution in [2.75, 3.05) is 19.6 Å². The van der Waals surface area contributed by atoms with Gasteiger partial charge in [0.25, 0.3) is 5.91 Å². The molecule has 1 heterocycles. The van der Waals surface area contributed by atoms with Crippen LogP contribution in [0.2, 0.25) is 0 Å². The van der Waals surface area contributed by atoms with Crippen LogP contribution in [0, 0.1) is 16.0 Å². The fourth-order valence-electron chi connectivity index (χ4n) is 2.27. The van der Waals surface area contributed by atoms with Crippen LogP contribution in [0.4, 0.5) is 5.69 Å². The van der Waals surface area contributed by atoms with E-state index in [0.29, 0.717) is 12.5 Å². The third-order valence-electron chi connectivity index (χ3n) is 3.43. The van der Waals surface area contributed by atoms with E-state index in [1.165, 1.54) is 6.07 Å². The number of aromatic hydroxyl groups is 1. The molecule has 1 atom stereocenters. The molecule has 1 aromatic rings. The zero-order valence-corrected chi connectivity index (χ0v) is 11.0. The number of carbonyl (C=O) groups is 1. The molecule has 0 aromatic heterocycles. The fourth-order valence-corrected chi connectivity index (χ4v) is 2.27. The Hall–Kier alpha value is -2.15. The molecule has 7 nitrogen and oxygen atoms in total. The van der Waals surface area contributed by atoms with Crippen LogP contribution in [-0.2, 0) is 0 Å². The van der Waals surface area contributed by atoms with E-state index in [9.17, 15) is 20.0 Å². The Morgan fingerprint density at radius 2 is 2.35 bits per heavy atom. The maximum Gasteiger partial charge on any atom is 0.310 e. The molecule has 0 radical (unpaired) electrons. The number of phenols is 1. The normalized spacial score (nSPS) is 17.9. The van der Waals surface area contributed by atoms with E-state index in [0.717, 1.165) is 38.1 Å². The molecule has 0 bridgehead atoms. The van der Waals surface area contributed by atoms with Gasteiger partial charge in [-0.3, -0.25) is 14.9 Å². The number of hydrogen-bond donors (Lipinski definition) is 3. The number of hydrogen-bond acceptors (Lipinski definition) is 5. The quantitative estimate of drug-likeness (QED) is 0.551. The largest absolute Gasteiger partial charge is 0.502 e. The zero-order valence-electron chi connectivity index (χ0n) is 11.0. The van der Waals surface area contributed by atoms with Crippen molar-refractivity contribution < 1.29 is 14.8 Å². The number of carbonyl (C=O) groups excluding carboxylic acids is 1. The summed E-state index contributed by atoms with van der Waals surface area (Å²) in [6, 6.07) is 3.58. The predicted octanol–water partition coefficient (Wildman–Crippen LogP) is 1.03. The van der Waals surface area contributed by atoms with Gasteiger partial charge in [0.05, 0.1) is 4.92 Å². The summed E-state index contributed by atoms with van der Waals surface area (Å²) in [5, 5.41) is 26.1. The highest BCUT2D eigenvalue weighted by atomic mass is 16.6. The molecule has 7 heteroatoms. The summed E-state index contributed by atoms with van der Waals surface area (Å²) in [6.45, 7) is 2.56. The lowest BCUT2D eigenvalue weighted by atomic mass is 10.1. The first kappa shape index (κ1) is 14.3. The van der Waals surface area contributed by atoms with Gasteiger partial charge >= 0.3 is 5.69 Å². The average Bonchev–Trinajstić information content (AvgIpc) is 2.91. The van der Waals surface area contributed by atoms with E-state index < -0.39 is 16.4 Å². The number of nitrogens with zero attached hydrogens (tertiary/aromatic N) is 1. The number of rotatable bonds is 5. The van der Waals surface area contributed by atoms with E-state index in [2.05, 4.69) is 10.6 Å². The molecule has 1 aliphatic rings. The SMILES string of the molecule is O=C(NCCC1CCNC1)c1ccc([N+](=O)[O-])c(O)c1. The van der Waals surface area contributed by atoms with Gasteiger partial charge in [-0.15, -0.1) is 0 Å². The Labute approximate surface area is 116 Å². The van der Waals surface area contributed by atoms with Gasteiger partial charge in [-0.25, -0.2) is 0 Å². The van der Waals surface area contributed by atoms with E-state index in [1.54, 1.807) is 0 Å². The number of nitro groups is 1. The summed E-state index contributed by atoms with van der Waals surface area (Å²) < 4.78 is 0. The first-order valence-electron chi connectivity index (χ1n) is 6.54. The second kappa shape index (κ2) is 6.33. The van der Waals surface area contributed by atoms with E-state index in [4.69, 9.17) is 0 Å². The maximum atomic E-state index is 11.8. The lowest BCUT2D eigenvalue weighted by molar-refractivity contribution is -0.385. The first-order chi connectivity index (χ1) is 9.58. The number of benzene rings is 1. The molecule has 3 N–H and O–H groups in total. The van der Waals surface area contributed by atoms with Crippen molar-refractivity contribution in [1.29, 1.82) is 0 Å². The van der Waals surface area contributed by atoms with Crippen molar-refractivity contribution in [2.45, 2.75) is 12.8 Å². The topological polar surface area (TPSA) is 104 Å². The summed E-state index contributed by atoms with van der Waals surface area (Å²) >= 11 is 0. The molecular weight excluding hydrogens is 262 g/mol. The van der Waals surface area contributed by atoms with Crippen molar-refractivity contribution in [3.05, 3.63) is 33.9 Å². The van der Waals surface area contributed by atoms with E-state index in [-0.39, 0.29) is 11.5 Å². The summed E-state index contributed by atoms with van der Waals surface area (Å²) in [6.07, 6.45) is 2.02. The molecule has 1 amide bonds. The molecule has 1 aliphatic heterocycles. The molecular formula is C13H17N3O4. The summed E-state index contributed by atoms with van der Waals surface area (Å²) in [7, 11) is 0. The molecule has 2 rings (SSSR count). The molecule has 0 aliphatic carbocycles. The third kappa shape index (κ3) is 3.45. The second-order valence-corrected chi connectivity index (χ2v) is 4.86. The summed E-state index contributed by atoms with van der Waals surface area (Å²) in [5.41, 5.74) is -0.184. The highest BCUT2D eigenvalue weighted by Gasteiger charge is 2.17. The molecule has 0 spiro atoms. The highest BCUT2D eigenvalue weighted by Crippen LogP contribution is 2.26. The van der Waals surface area contributed by atoms with Crippen molar-refractivity contribution in [3.8, 4) is 5.75 Å². The van der Waals surface area contributed by atoms with Crippen LogP contribution in [0.3, 0.4) is 0 Å². The van der Waals surface area contributed by atoms with Gasteiger partial charge in [0, 0.05) is 18.2 Å². The number of nitrogens with one attached hydrogen (secondary N) is 2. The van der Waals surface area contributed by atoms with Gasteiger partial charge in [-0.05, 0) is 44.0 Å². The van der Waals surface area contributed by atoms with Crippen molar-refractivity contribution in [2.24, 2.45) is 5.92 Å². The zero-order chi connectivity index (χ0) is 14.5. The van der Waals surface area contributed by atoms with Crippen LogP contribution in [-0.4, -0.2) is 35.6 Å². The monoisotopic (exact) mass is 279 g/mol. The van der Waals surface area contributed by atoms with Crippen LogP contribution < -0.4 is 10.6 Å². The third-order valence-corrected chi connectivity index (χ3v) is 3.43. The average molecular weight is 279 g/mol. The molecule has 20 heavy (non-hydrogen) atoms. The number of amides is 1. The maximum absolute atomic E-state index is 11.8. The van der Waals surface area contributed by atoms with Crippen LogP contribution in [0.5, 0.6) is 5.75 Å². The molecule has 0 saturated carbocycles. The Morgan fingerprint density at radius 1 is 1.55 bits per heavy atom. The Kier molecular flexibility index (Phi) is 4.52. The van der Waals surface area contributed by atoms with Gasteiger partial charge in [-0.2, -0.15) is 0 Å². The van der Waals surface area contributed by atoms with Crippen LogP contribution in [0.15, 0.2) is 18.2 Å². The number of nitro benzene ring substituents is 1.